The lowest BCUT2D eigenvalue weighted by atomic mass is 10.1. The van der Waals surface area contributed by atoms with Gasteiger partial charge in [0.1, 0.15) is 6.04 Å². The Labute approximate surface area is 179 Å². The minimum Gasteiger partial charge on any atom is -0.352 e. The summed E-state index contributed by atoms with van der Waals surface area (Å²) in [6.45, 7) is 8.38. The molecular weight excluding hydrogens is 384 g/mol. The topological polar surface area (TPSA) is 49.4 Å². The summed E-state index contributed by atoms with van der Waals surface area (Å²) in [4.78, 5) is 27.9. The standard InChI is InChI=1S/C24H31ClN2O2/c1-5-18(4)26-24(29)22(6-2)27(16-20-9-7-17(3)8-10-20)23(28)15-19-11-13-21(25)14-12-19/h7-14,18,22H,5-6,15-16H2,1-4H3,(H,26,29)/t18-,22-/m0/s1. The summed E-state index contributed by atoms with van der Waals surface area (Å²) in [5.41, 5.74) is 3.05. The Bertz CT molecular complexity index is 803. The molecule has 0 saturated heterocycles. The van der Waals surface area contributed by atoms with Gasteiger partial charge in [-0.2, -0.15) is 0 Å². The number of nitrogens with zero attached hydrogens (tertiary/aromatic N) is 1. The van der Waals surface area contributed by atoms with Gasteiger partial charge in [-0.25, -0.2) is 0 Å². The van der Waals surface area contributed by atoms with Crippen LogP contribution >= 0.6 is 11.6 Å². The van der Waals surface area contributed by atoms with Crippen LogP contribution in [0.25, 0.3) is 0 Å². The van der Waals surface area contributed by atoms with E-state index in [9.17, 15) is 9.59 Å². The van der Waals surface area contributed by atoms with Crippen molar-refractivity contribution < 1.29 is 9.59 Å². The van der Waals surface area contributed by atoms with E-state index in [0.717, 1.165) is 23.1 Å². The first-order chi connectivity index (χ1) is 13.8. The average Bonchev–Trinajstić information content (AvgIpc) is 2.70. The summed E-state index contributed by atoms with van der Waals surface area (Å²) in [6.07, 6.45) is 1.63. The monoisotopic (exact) mass is 414 g/mol. The van der Waals surface area contributed by atoms with Gasteiger partial charge in [0.25, 0.3) is 0 Å². The second kappa shape index (κ2) is 11.0. The predicted octanol–water partition coefficient (Wildman–Crippen LogP) is 4.91. The number of nitrogens with one attached hydrogen (secondary N) is 1. The molecule has 4 nitrogen and oxygen atoms in total. The number of carbonyl (C=O) groups is 2. The highest BCUT2D eigenvalue weighted by molar-refractivity contribution is 6.30. The van der Waals surface area contributed by atoms with Crippen LogP contribution in [0.3, 0.4) is 0 Å². The maximum absolute atomic E-state index is 13.2. The van der Waals surface area contributed by atoms with Crippen LogP contribution in [0.1, 0.15) is 50.3 Å². The Hall–Kier alpha value is -2.33. The van der Waals surface area contributed by atoms with Gasteiger partial charge < -0.3 is 10.2 Å². The van der Waals surface area contributed by atoms with E-state index < -0.39 is 6.04 Å². The number of carbonyl (C=O) groups excluding carboxylic acids is 2. The van der Waals surface area contributed by atoms with Crippen molar-refractivity contribution in [1.29, 1.82) is 0 Å². The molecule has 0 spiro atoms. The zero-order valence-corrected chi connectivity index (χ0v) is 18.5. The highest BCUT2D eigenvalue weighted by Gasteiger charge is 2.29. The van der Waals surface area contributed by atoms with Crippen molar-refractivity contribution in [1.82, 2.24) is 10.2 Å². The van der Waals surface area contributed by atoms with E-state index in [1.165, 1.54) is 0 Å². The molecule has 0 unspecified atom stereocenters. The Kier molecular flexibility index (Phi) is 8.71. The number of hydrogen-bond donors (Lipinski definition) is 1. The Morgan fingerprint density at radius 2 is 1.55 bits per heavy atom. The fourth-order valence-corrected chi connectivity index (χ4v) is 3.26. The molecular formula is C24H31ClN2O2. The first-order valence-electron chi connectivity index (χ1n) is 10.2. The van der Waals surface area contributed by atoms with Crippen molar-refractivity contribution in [2.75, 3.05) is 0 Å². The van der Waals surface area contributed by atoms with Gasteiger partial charge in [0.15, 0.2) is 0 Å². The average molecular weight is 415 g/mol. The molecule has 0 radical (unpaired) electrons. The maximum Gasteiger partial charge on any atom is 0.243 e. The van der Waals surface area contributed by atoms with Crippen molar-refractivity contribution in [3.05, 3.63) is 70.2 Å². The maximum atomic E-state index is 13.2. The van der Waals surface area contributed by atoms with Crippen LogP contribution in [-0.2, 0) is 22.6 Å². The third-order valence-corrected chi connectivity index (χ3v) is 5.38. The predicted molar refractivity (Wildman–Crippen MR) is 119 cm³/mol. The second-order valence-electron chi connectivity index (χ2n) is 7.55. The molecule has 2 aromatic rings. The molecule has 2 atom stereocenters. The van der Waals surface area contributed by atoms with Crippen LogP contribution in [0.2, 0.25) is 5.02 Å². The van der Waals surface area contributed by atoms with E-state index in [4.69, 9.17) is 11.6 Å². The summed E-state index contributed by atoms with van der Waals surface area (Å²) in [7, 11) is 0. The third kappa shape index (κ3) is 6.90. The lowest BCUT2D eigenvalue weighted by Gasteiger charge is -2.31. The molecule has 1 N–H and O–H groups in total. The van der Waals surface area contributed by atoms with Gasteiger partial charge in [0.2, 0.25) is 11.8 Å². The van der Waals surface area contributed by atoms with Gasteiger partial charge in [-0.3, -0.25) is 9.59 Å². The largest absolute Gasteiger partial charge is 0.352 e. The van der Waals surface area contributed by atoms with Crippen molar-refractivity contribution in [2.45, 2.75) is 65.6 Å². The van der Waals surface area contributed by atoms with E-state index >= 15 is 0 Å². The highest BCUT2D eigenvalue weighted by atomic mass is 35.5. The SMILES string of the molecule is CC[C@H](C)NC(=O)[C@H](CC)N(Cc1ccc(C)cc1)C(=O)Cc1ccc(Cl)cc1. The zero-order valence-electron chi connectivity index (χ0n) is 17.7. The normalized spacial score (nSPS) is 12.9. The zero-order chi connectivity index (χ0) is 21.4. The van der Waals surface area contributed by atoms with Gasteiger partial charge in [-0.15, -0.1) is 0 Å². The van der Waals surface area contributed by atoms with Crippen molar-refractivity contribution >= 4 is 23.4 Å². The summed E-state index contributed by atoms with van der Waals surface area (Å²) in [5, 5.41) is 3.67. The molecule has 0 fully saturated rings. The number of halogens is 1. The van der Waals surface area contributed by atoms with Crippen LogP contribution in [0.5, 0.6) is 0 Å². The summed E-state index contributed by atoms with van der Waals surface area (Å²) in [6, 6.07) is 14.9. The Morgan fingerprint density at radius 3 is 2.10 bits per heavy atom. The van der Waals surface area contributed by atoms with Gasteiger partial charge in [-0.05, 0) is 49.9 Å². The Morgan fingerprint density at radius 1 is 0.966 bits per heavy atom. The van der Waals surface area contributed by atoms with E-state index in [0.29, 0.717) is 18.0 Å². The highest BCUT2D eigenvalue weighted by Crippen LogP contribution is 2.17. The van der Waals surface area contributed by atoms with Gasteiger partial charge >= 0.3 is 0 Å². The summed E-state index contributed by atoms with van der Waals surface area (Å²) < 4.78 is 0. The lowest BCUT2D eigenvalue weighted by molar-refractivity contribution is -0.141. The molecule has 5 heteroatoms. The van der Waals surface area contributed by atoms with Gasteiger partial charge in [-0.1, -0.05) is 67.4 Å². The molecule has 0 bridgehead atoms. The molecule has 0 aliphatic rings. The third-order valence-electron chi connectivity index (χ3n) is 5.13. The molecule has 0 saturated carbocycles. The minimum absolute atomic E-state index is 0.0703. The number of benzene rings is 2. The first-order valence-corrected chi connectivity index (χ1v) is 10.6. The lowest BCUT2D eigenvalue weighted by Crippen LogP contribution is -2.51. The van der Waals surface area contributed by atoms with E-state index in [1.807, 2.05) is 64.1 Å². The first kappa shape index (κ1) is 23.0. The molecule has 156 valence electrons. The molecule has 0 aliphatic heterocycles. The number of aryl methyl sites for hydroxylation is 1. The smallest absolute Gasteiger partial charge is 0.243 e. The molecule has 2 amide bonds. The number of rotatable bonds is 9. The van der Waals surface area contributed by atoms with Crippen LogP contribution in [0.15, 0.2) is 48.5 Å². The molecule has 0 aliphatic carbocycles. The molecule has 2 aromatic carbocycles. The second-order valence-corrected chi connectivity index (χ2v) is 7.99. The van der Waals surface area contributed by atoms with E-state index in [2.05, 4.69) is 5.32 Å². The minimum atomic E-state index is -0.509. The van der Waals surface area contributed by atoms with Crippen molar-refractivity contribution in [3.63, 3.8) is 0 Å². The fourth-order valence-electron chi connectivity index (χ4n) is 3.13. The van der Waals surface area contributed by atoms with Crippen LogP contribution in [0.4, 0.5) is 0 Å². The van der Waals surface area contributed by atoms with Crippen LogP contribution in [-0.4, -0.2) is 28.8 Å². The van der Waals surface area contributed by atoms with Crippen molar-refractivity contribution in [3.8, 4) is 0 Å². The van der Waals surface area contributed by atoms with Gasteiger partial charge in [0, 0.05) is 17.6 Å². The van der Waals surface area contributed by atoms with E-state index in [-0.39, 0.29) is 24.3 Å². The summed E-state index contributed by atoms with van der Waals surface area (Å²) >= 11 is 5.96. The van der Waals surface area contributed by atoms with Crippen LogP contribution < -0.4 is 5.32 Å². The number of hydrogen-bond acceptors (Lipinski definition) is 2. The quantitative estimate of drug-likeness (QED) is 0.633. The molecule has 29 heavy (non-hydrogen) atoms. The number of amides is 2. The summed E-state index contributed by atoms with van der Waals surface area (Å²) in [5.74, 6) is -0.169. The van der Waals surface area contributed by atoms with Crippen LogP contribution in [0, 0.1) is 6.92 Å². The fraction of sp³-hybridized carbons (Fsp3) is 0.417. The Balaban J connectivity index is 2.26. The molecule has 0 aromatic heterocycles. The van der Waals surface area contributed by atoms with E-state index in [1.54, 1.807) is 17.0 Å². The van der Waals surface area contributed by atoms with Crippen molar-refractivity contribution in [2.24, 2.45) is 0 Å². The molecule has 0 heterocycles. The molecule has 2 rings (SSSR count). The van der Waals surface area contributed by atoms with Gasteiger partial charge in [0.05, 0.1) is 6.42 Å².